The summed E-state index contributed by atoms with van der Waals surface area (Å²) >= 11 is 0. The van der Waals surface area contributed by atoms with E-state index in [1.807, 2.05) is 11.0 Å². The van der Waals surface area contributed by atoms with E-state index in [1.54, 1.807) is 6.92 Å². The quantitative estimate of drug-likeness (QED) is 0.719. The first-order valence-corrected chi connectivity index (χ1v) is 5.09. The molecule has 6 nitrogen and oxygen atoms in total. The molecule has 0 bridgehead atoms. The van der Waals surface area contributed by atoms with Crippen molar-refractivity contribution in [3.63, 3.8) is 0 Å². The number of aryl methyl sites for hydroxylation is 1. The third kappa shape index (κ3) is 1.90. The Bertz CT molecular complexity index is 410. The molecule has 84 valence electrons. The van der Waals surface area contributed by atoms with E-state index >= 15 is 0 Å². The van der Waals surface area contributed by atoms with E-state index in [0.29, 0.717) is 30.4 Å². The number of aromatic nitrogens is 2. The van der Waals surface area contributed by atoms with Crippen LogP contribution in [0.4, 0.5) is 11.8 Å². The number of nitrogens with two attached hydrogens (primary N) is 1. The van der Waals surface area contributed by atoms with E-state index in [0.717, 1.165) is 13.1 Å². The van der Waals surface area contributed by atoms with Crippen molar-refractivity contribution in [2.24, 2.45) is 0 Å². The van der Waals surface area contributed by atoms with Crippen LogP contribution in [-0.4, -0.2) is 36.3 Å². The zero-order chi connectivity index (χ0) is 11.5. The van der Waals surface area contributed by atoms with Gasteiger partial charge in [-0.15, -0.1) is 0 Å². The van der Waals surface area contributed by atoms with Crippen LogP contribution < -0.4 is 10.6 Å². The maximum atomic E-state index is 8.86. The van der Waals surface area contributed by atoms with Crippen LogP contribution in [0.25, 0.3) is 0 Å². The second kappa shape index (κ2) is 4.33. The summed E-state index contributed by atoms with van der Waals surface area (Å²) in [6.45, 7) is 4.61. The predicted molar refractivity (Wildman–Crippen MR) is 58.9 cm³/mol. The number of anilines is 2. The van der Waals surface area contributed by atoms with E-state index in [2.05, 4.69) is 9.97 Å². The maximum absolute atomic E-state index is 8.86. The van der Waals surface area contributed by atoms with Crippen LogP contribution >= 0.6 is 0 Å². The van der Waals surface area contributed by atoms with E-state index in [9.17, 15) is 0 Å². The lowest BCUT2D eigenvalue weighted by Gasteiger charge is -2.27. The summed E-state index contributed by atoms with van der Waals surface area (Å²) in [6.07, 6.45) is 0. The fraction of sp³-hybridized carbons (Fsp3) is 0.500. The monoisotopic (exact) mass is 219 g/mol. The van der Waals surface area contributed by atoms with Crippen LogP contribution in [0.15, 0.2) is 0 Å². The third-order valence-corrected chi connectivity index (χ3v) is 2.51. The highest BCUT2D eigenvalue weighted by Crippen LogP contribution is 2.17. The van der Waals surface area contributed by atoms with Crippen LogP contribution in [0.5, 0.6) is 0 Å². The van der Waals surface area contributed by atoms with Crippen molar-refractivity contribution in [2.75, 3.05) is 36.9 Å². The summed E-state index contributed by atoms with van der Waals surface area (Å²) in [5.74, 6) is 0.828. The van der Waals surface area contributed by atoms with Crippen LogP contribution in [-0.2, 0) is 4.74 Å². The lowest BCUT2D eigenvalue weighted by Crippen LogP contribution is -2.37. The summed E-state index contributed by atoms with van der Waals surface area (Å²) in [5.41, 5.74) is 6.69. The Morgan fingerprint density at radius 1 is 1.38 bits per heavy atom. The topological polar surface area (TPSA) is 88.1 Å². The van der Waals surface area contributed by atoms with Gasteiger partial charge in [0.25, 0.3) is 0 Å². The highest BCUT2D eigenvalue weighted by atomic mass is 16.5. The van der Waals surface area contributed by atoms with Crippen LogP contribution in [0, 0.1) is 18.3 Å². The van der Waals surface area contributed by atoms with Gasteiger partial charge in [-0.1, -0.05) is 0 Å². The third-order valence-electron chi connectivity index (χ3n) is 2.51. The largest absolute Gasteiger partial charge is 0.382 e. The van der Waals surface area contributed by atoms with Gasteiger partial charge in [-0.05, 0) is 6.92 Å². The summed E-state index contributed by atoms with van der Waals surface area (Å²) < 4.78 is 5.25. The van der Waals surface area contributed by atoms with Crippen molar-refractivity contribution in [1.82, 2.24) is 9.97 Å². The van der Waals surface area contributed by atoms with Gasteiger partial charge in [0.2, 0.25) is 5.95 Å². The number of rotatable bonds is 1. The highest BCUT2D eigenvalue weighted by molar-refractivity contribution is 5.54. The molecule has 6 heteroatoms. The Kier molecular flexibility index (Phi) is 2.88. The molecule has 1 aliphatic heterocycles. The normalized spacial score (nSPS) is 15.9. The molecule has 0 radical (unpaired) electrons. The smallest absolute Gasteiger partial charge is 0.227 e. The Labute approximate surface area is 93.7 Å². The number of hydrogen-bond donors (Lipinski definition) is 1. The van der Waals surface area contributed by atoms with Crippen molar-refractivity contribution in [1.29, 1.82) is 5.26 Å². The number of hydrogen-bond acceptors (Lipinski definition) is 6. The van der Waals surface area contributed by atoms with Crippen LogP contribution in [0.3, 0.4) is 0 Å². The van der Waals surface area contributed by atoms with Gasteiger partial charge in [0.15, 0.2) is 0 Å². The predicted octanol–water partition coefficient (Wildman–Crippen LogP) is 0.0755. The molecule has 1 aliphatic rings. The molecule has 1 aromatic heterocycles. The Morgan fingerprint density at radius 3 is 2.62 bits per heavy atom. The molecule has 1 saturated heterocycles. The molecule has 0 unspecified atom stereocenters. The fourth-order valence-corrected chi connectivity index (χ4v) is 1.62. The summed E-state index contributed by atoms with van der Waals surface area (Å²) in [5, 5.41) is 8.86. The fourth-order valence-electron chi connectivity index (χ4n) is 1.62. The Morgan fingerprint density at radius 2 is 2.06 bits per heavy atom. The van der Waals surface area contributed by atoms with E-state index in [-0.39, 0.29) is 5.82 Å². The molecule has 0 spiro atoms. The second-order valence-electron chi connectivity index (χ2n) is 3.58. The maximum Gasteiger partial charge on any atom is 0.227 e. The highest BCUT2D eigenvalue weighted by Gasteiger charge is 2.16. The standard InChI is InChI=1S/C10H13N5O/c1-7-8(6-11)9(12)14-10(13-7)15-2-4-16-5-3-15/h2-5H2,1H3,(H2,12,13,14). The second-order valence-corrected chi connectivity index (χ2v) is 3.58. The van der Waals surface area contributed by atoms with Gasteiger partial charge in [0.05, 0.1) is 18.9 Å². The van der Waals surface area contributed by atoms with Gasteiger partial charge < -0.3 is 15.4 Å². The number of nitriles is 1. The molecule has 0 aromatic carbocycles. The van der Waals surface area contributed by atoms with Crippen molar-refractivity contribution >= 4 is 11.8 Å². The van der Waals surface area contributed by atoms with Crippen molar-refractivity contribution < 1.29 is 4.74 Å². The minimum absolute atomic E-state index is 0.247. The van der Waals surface area contributed by atoms with E-state index < -0.39 is 0 Å². The van der Waals surface area contributed by atoms with Crippen molar-refractivity contribution in [2.45, 2.75) is 6.92 Å². The van der Waals surface area contributed by atoms with Gasteiger partial charge in [0.1, 0.15) is 17.5 Å². The van der Waals surface area contributed by atoms with Gasteiger partial charge in [-0.3, -0.25) is 0 Å². The van der Waals surface area contributed by atoms with Crippen molar-refractivity contribution in [3.05, 3.63) is 11.3 Å². The molecule has 0 atom stereocenters. The van der Waals surface area contributed by atoms with Crippen molar-refractivity contribution in [3.8, 4) is 6.07 Å². The number of morpholine rings is 1. The lowest BCUT2D eigenvalue weighted by molar-refractivity contribution is 0.122. The van der Waals surface area contributed by atoms with Crippen LogP contribution in [0.2, 0.25) is 0 Å². The van der Waals surface area contributed by atoms with Gasteiger partial charge in [0, 0.05) is 13.1 Å². The number of nitrogens with zero attached hydrogens (tertiary/aromatic N) is 4. The zero-order valence-corrected chi connectivity index (χ0v) is 9.10. The lowest BCUT2D eigenvalue weighted by atomic mass is 10.2. The first kappa shape index (κ1) is 10.6. The van der Waals surface area contributed by atoms with Gasteiger partial charge >= 0.3 is 0 Å². The molecule has 1 fully saturated rings. The molecule has 16 heavy (non-hydrogen) atoms. The summed E-state index contributed by atoms with van der Waals surface area (Å²) in [6, 6.07) is 2.00. The minimum atomic E-state index is 0.247. The molecule has 2 heterocycles. The molecule has 0 saturated carbocycles. The molecular formula is C10H13N5O. The minimum Gasteiger partial charge on any atom is -0.382 e. The molecule has 2 rings (SSSR count). The Balaban J connectivity index is 2.32. The summed E-state index contributed by atoms with van der Waals surface area (Å²) in [4.78, 5) is 10.4. The molecule has 0 amide bonds. The molecule has 0 aliphatic carbocycles. The molecule has 2 N–H and O–H groups in total. The molecular weight excluding hydrogens is 206 g/mol. The first-order valence-electron chi connectivity index (χ1n) is 5.09. The number of ether oxygens (including phenoxy) is 1. The number of nitrogen functional groups attached to an aromatic ring is 1. The van der Waals surface area contributed by atoms with E-state index in [4.69, 9.17) is 15.7 Å². The summed E-state index contributed by atoms with van der Waals surface area (Å²) in [7, 11) is 0. The Hall–Kier alpha value is -1.87. The molecule has 1 aromatic rings. The van der Waals surface area contributed by atoms with E-state index in [1.165, 1.54) is 0 Å². The average molecular weight is 219 g/mol. The zero-order valence-electron chi connectivity index (χ0n) is 9.10. The van der Waals surface area contributed by atoms with Crippen LogP contribution in [0.1, 0.15) is 11.3 Å². The van der Waals surface area contributed by atoms with Gasteiger partial charge in [-0.25, -0.2) is 4.98 Å². The average Bonchev–Trinajstić information content (AvgIpc) is 2.30. The van der Waals surface area contributed by atoms with Gasteiger partial charge in [-0.2, -0.15) is 10.2 Å². The first-order chi connectivity index (χ1) is 7.72. The SMILES string of the molecule is Cc1nc(N2CCOCC2)nc(N)c1C#N.